The van der Waals surface area contributed by atoms with E-state index < -0.39 is 40.3 Å². The lowest BCUT2D eigenvalue weighted by molar-refractivity contribution is -0.145. The molecule has 0 bridgehead atoms. The highest BCUT2D eigenvalue weighted by molar-refractivity contribution is 6.24. The number of imidazole rings is 1. The number of carbonyl (C=O) groups excluding carboxylic acids is 2. The van der Waals surface area contributed by atoms with Crippen molar-refractivity contribution >= 4 is 28.9 Å². The Morgan fingerprint density at radius 1 is 0.975 bits per heavy atom. The molecule has 0 radical (unpaired) electrons. The SMILES string of the molecule is CCCn1c(=O)c2c(nc(-c3ccc(OCC(=O)O)cc3)n2[N+]2(N)C(=O)C3=C(CCCC3)C2=O)n(CCC)c1=O. The predicted molar refractivity (Wildman–Crippen MR) is 145 cm³/mol. The Balaban J connectivity index is 1.83. The minimum atomic E-state index is -1.33. The Morgan fingerprint density at radius 3 is 2.10 bits per heavy atom. The third-order valence-electron chi connectivity index (χ3n) is 7.29. The number of carbonyl (C=O) groups is 3. The number of nitrogens with two attached hydrogens (primary N) is 1. The van der Waals surface area contributed by atoms with Crippen molar-refractivity contribution in [1.82, 2.24) is 23.5 Å². The Morgan fingerprint density at radius 2 is 1.55 bits per heavy atom. The van der Waals surface area contributed by atoms with Crippen LogP contribution in [0.15, 0.2) is 45.0 Å². The molecule has 13 nitrogen and oxygen atoms in total. The topological polar surface area (TPSA) is 169 Å². The van der Waals surface area contributed by atoms with Crippen LogP contribution in [-0.2, 0) is 27.5 Å². The molecule has 13 heteroatoms. The van der Waals surface area contributed by atoms with E-state index in [1.807, 2.05) is 13.8 Å². The van der Waals surface area contributed by atoms with Gasteiger partial charge in [0.2, 0.25) is 5.52 Å². The monoisotopic (exact) mass is 551 g/mol. The summed E-state index contributed by atoms with van der Waals surface area (Å²) in [4.78, 5) is 70.6. The number of ether oxygens (including phenoxy) is 1. The molecule has 2 aromatic heterocycles. The highest BCUT2D eigenvalue weighted by Gasteiger charge is 2.58. The molecule has 1 aliphatic heterocycles. The number of carboxylic acids is 1. The predicted octanol–water partition coefficient (Wildman–Crippen LogP) is 1.56. The van der Waals surface area contributed by atoms with Crippen LogP contribution >= 0.6 is 0 Å². The fourth-order valence-corrected chi connectivity index (χ4v) is 5.47. The number of aryl methyl sites for hydroxylation is 1. The van der Waals surface area contributed by atoms with Crippen molar-refractivity contribution in [3.8, 4) is 17.1 Å². The zero-order valence-corrected chi connectivity index (χ0v) is 22.4. The smallest absolute Gasteiger partial charge is 0.394 e. The van der Waals surface area contributed by atoms with Gasteiger partial charge < -0.3 is 9.84 Å². The Kier molecular flexibility index (Phi) is 7.02. The highest BCUT2D eigenvalue weighted by Crippen LogP contribution is 2.37. The van der Waals surface area contributed by atoms with Gasteiger partial charge in [-0.05, 0) is 67.5 Å². The molecule has 0 saturated carbocycles. The lowest BCUT2D eigenvalue weighted by Crippen LogP contribution is -2.69. The van der Waals surface area contributed by atoms with E-state index in [0.717, 1.165) is 22.1 Å². The second kappa shape index (κ2) is 10.3. The van der Waals surface area contributed by atoms with Crippen molar-refractivity contribution < 1.29 is 24.2 Å². The van der Waals surface area contributed by atoms with E-state index in [1.54, 1.807) is 12.1 Å². The van der Waals surface area contributed by atoms with E-state index in [2.05, 4.69) is 4.98 Å². The lowest BCUT2D eigenvalue weighted by Gasteiger charge is -2.25. The first-order valence-electron chi connectivity index (χ1n) is 13.4. The van der Waals surface area contributed by atoms with Crippen molar-refractivity contribution in [3.63, 3.8) is 0 Å². The zero-order chi connectivity index (χ0) is 28.8. The molecule has 3 aromatic rings. The molecular formula is C27H31N6O7+. The summed E-state index contributed by atoms with van der Waals surface area (Å²) in [5, 5.41) is 8.91. The molecule has 2 amide bonds. The van der Waals surface area contributed by atoms with Crippen molar-refractivity contribution in [1.29, 1.82) is 0 Å². The molecule has 210 valence electrons. The van der Waals surface area contributed by atoms with Gasteiger partial charge in [0.15, 0.2) is 18.1 Å². The van der Waals surface area contributed by atoms with Gasteiger partial charge in [-0.1, -0.05) is 13.8 Å². The number of fused-ring (bicyclic) bond motifs is 1. The van der Waals surface area contributed by atoms with E-state index in [4.69, 9.17) is 15.7 Å². The number of imide groups is 1. The summed E-state index contributed by atoms with van der Waals surface area (Å²) >= 11 is 0. The molecule has 2 aliphatic rings. The van der Waals surface area contributed by atoms with Gasteiger partial charge >= 0.3 is 23.5 Å². The summed E-state index contributed by atoms with van der Waals surface area (Å²) in [6, 6.07) is 6.14. The summed E-state index contributed by atoms with van der Waals surface area (Å²) < 4.78 is 7.52. The second-order valence-corrected chi connectivity index (χ2v) is 9.98. The van der Waals surface area contributed by atoms with Crippen molar-refractivity contribution in [2.24, 2.45) is 5.84 Å². The molecular weight excluding hydrogens is 520 g/mol. The number of benzene rings is 1. The molecule has 0 fully saturated rings. The van der Waals surface area contributed by atoms with Gasteiger partial charge in [-0.3, -0.25) is 13.9 Å². The van der Waals surface area contributed by atoms with Crippen LogP contribution in [0.5, 0.6) is 5.75 Å². The average Bonchev–Trinajstić information content (AvgIpc) is 3.44. The number of quaternary nitrogens is 1. The van der Waals surface area contributed by atoms with Gasteiger partial charge in [0.25, 0.3) is 5.56 Å². The third-order valence-corrected chi connectivity index (χ3v) is 7.29. The van der Waals surface area contributed by atoms with Crippen LogP contribution in [-0.4, -0.2) is 48.3 Å². The Hall–Kier alpha value is -4.36. The molecule has 1 aromatic carbocycles. The lowest BCUT2D eigenvalue weighted by atomic mass is 9.93. The van der Waals surface area contributed by atoms with E-state index in [-0.39, 0.29) is 35.8 Å². The standard InChI is InChI=1S/C27H30N6O7/c1-3-13-30-23-21(24(36)31(14-4-2)27(30)39)32(33(28)25(37)18-7-5-6-8-19(18)26(33)38)22(29-23)16-9-11-17(12-10-16)40-15-20(34)35/h9-12H,3-8,13-15,28H2,1-2H3/p+1. The molecule has 40 heavy (non-hydrogen) atoms. The largest absolute Gasteiger partial charge is 0.482 e. The molecule has 3 N–H and O–H groups in total. The summed E-state index contributed by atoms with van der Waals surface area (Å²) in [6.45, 7) is 3.55. The summed E-state index contributed by atoms with van der Waals surface area (Å²) in [6.07, 6.45) is 3.37. The molecule has 5 rings (SSSR count). The van der Waals surface area contributed by atoms with Gasteiger partial charge in [-0.15, -0.1) is 10.5 Å². The fraction of sp³-hybridized carbons (Fsp3) is 0.407. The Bertz CT molecular complexity index is 1670. The number of carboxylic acid groups (broad SMARTS) is 1. The molecule has 0 atom stereocenters. The van der Waals surface area contributed by atoms with Crippen molar-refractivity contribution in [3.05, 3.63) is 56.2 Å². The first-order valence-corrected chi connectivity index (χ1v) is 13.4. The fourth-order valence-electron chi connectivity index (χ4n) is 5.47. The summed E-state index contributed by atoms with van der Waals surface area (Å²) in [5.41, 5.74) is -0.216. The zero-order valence-electron chi connectivity index (χ0n) is 22.4. The molecule has 3 heterocycles. The summed E-state index contributed by atoms with van der Waals surface area (Å²) in [7, 11) is 0. The van der Waals surface area contributed by atoms with Crippen LogP contribution in [0, 0.1) is 0 Å². The van der Waals surface area contributed by atoms with Crippen LogP contribution in [0.25, 0.3) is 22.6 Å². The normalized spacial score (nSPS) is 16.6. The van der Waals surface area contributed by atoms with Crippen molar-refractivity contribution in [2.75, 3.05) is 6.61 Å². The van der Waals surface area contributed by atoms with Crippen molar-refractivity contribution in [2.45, 2.75) is 65.5 Å². The van der Waals surface area contributed by atoms with Gasteiger partial charge in [0.1, 0.15) is 5.75 Å². The quantitative estimate of drug-likeness (QED) is 0.173. The van der Waals surface area contributed by atoms with Crippen LogP contribution in [0.4, 0.5) is 0 Å². The number of nitrogens with zero attached hydrogens (tertiary/aromatic N) is 5. The molecule has 1 aliphatic carbocycles. The maximum absolute atomic E-state index is 13.9. The minimum Gasteiger partial charge on any atom is -0.482 e. The number of aromatic nitrogens is 4. The van der Waals surface area contributed by atoms with Crippen LogP contribution in [0.3, 0.4) is 0 Å². The van der Waals surface area contributed by atoms with E-state index in [0.29, 0.717) is 42.4 Å². The number of hydrogen-bond acceptors (Lipinski definition) is 8. The maximum atomic E-state index is 13.9. The minimum absolute atomic E-state index is 0.0267. The van der Waals surface area contributed by atoms with Crippen LogP contribution in [0.1, 0.15) is 52.4 Å². The first-order chi connectivity index (χ1) is 19.1. The summed E-state index contributed by atoms with van der Waals surface area (Å²) in [5.74, 6) is 4.65. The average molecular weight is 552 g/mol. The first kappa shape index (κ1) is 27.2. The van der Waals surface area contributed by atoms with E-state index >= 15 is 0 Å². The molecule has 0 unspecified atom stereocenters. The van der Waals surface area contributed by atoms with Gasteiger partial charge in [0.05, 0.1) is 11.1 Å². The van der Waals surface area contributed by atoms with E-state index in [1.165, 1.54) is 16.7 Å². The number of rotatable bonds is 9. The van der Waals surface area contributed by atoms with Gasteiger partial charge in [-0.2, -0.15) is 0 Å². The number of aliphatic carboxylic acids is 1. The molecule has 0 saturated heterocycles. The van der Waals surface area contributed by atoms with Crippen LogP contribution < -0.4 is 26.5 Å². The Labute approximate surface area is 228 Å². The van der Waals surface area contributed by atoms with Gasteiger partial charge in [-0.25, -0.2) is 24.2 Å². The van der Waals surface area contributed by atoms with Crippen LogP contribution in [0.2, 0.25) is 0 Å². The number of hydrogen-bond donors (Lipinski definition) is 2. The second-order valence-electron chi connectivity index (χ2n) is 9.98. The van der Waals surface area contributed by atoms with E-state index in [9.17, 15) is 24.0 Å². The highest BCUT2D eigenvalue weighted by atomic mass is 16.5. The van der Waals surface area contributed by atoms with Gasteiger partial charge in [0, 0.05) is 18.7 Å². The molecule has 0 spiro atoms. The maximum Gasteiger partial charge on any atom is 0.394 e. The number of amides is 2. The third kappa shape index (κ3) is 4.09.